The van der Waals surface area contributed by atoms with E-state index in [1.165, 1.54) is 7.11 Å². The average molecular weight is 621 g/mol. The third-order valence-corrected chi connectivity index (χ3v) is 8.74. The first-order valence-corrected chi connectivity index (χ1v) is 15.4. The second kappa shape index (κ2) is 13.9. The fourth-order valence-corrected chi connectivity index (χ4v) is 6.49. The van der Waals surface area contributed by atoms with E-state index in [0.717, 1.165) is 44.5 Å². The van der Waals surface area contributed by atoms with Crippen molar-refractivity contribution in [1.82, 2.24) is 10.6 Å². The lowest BCUT2D eigenvalue weighted by atomic mass is 9.98. The number of nitrogens with one attached hydrogen (secondary N) is 2. The molecule has 46 heavy (non-hydrogen) atoms. The number of carbonyl (C=O) groups is 3. The SMILES string of the molecule is COC(=O)C(CCC(O)CNC(=O)OCC1c2ccccc2-c2ccccc21)NC(=O)OCC1c2ccccc2-c2ccccc21. The molecule has 9 heteroatoms. The molecule has 2 amide bonds. The molecule has 4 aromatic carbocycles. The van der Waals surface area contributed by atoms with Gasteiger partial charge in [-0.1, -0.05) is 97.1 Å². The maximum atomic E-state index is 12.8. The Morgan fingerprint density at radius 2 is 1.07 bits per heavy atom. The normalized spacial score (nSPS) is 14.2. The van der Waals surface area contributed by atoms with Crippen LogP contribution in [-0.4, -0.2) is 62.3 Å². The van der Waals surface area contributed by atoms with Crippen LogP contribution in [0.15, 0.2) is 97.1 Å². The predicted octanol–water partition coefficient (Wildman–Crippen LogP) is 5.75. The van der Waals surface area contributed by atoms with Gasteiger partial charge in [0.15, 0.2) is 0 Å². The van der Waals surface area contributed by atoms with Crippen molar-refractivity contribution in [1.29, 1.82) is 0 Å². The number of carbonyl (C=O) groups excluding carboxylic acids is 3. The molecule has 6 rings (SSSR count). The minimum absolute atomic E-state index is 0.0738. The van der Waals surface area contributed by atoms with Gasteiger partial charge in [0.25, 0.3) is 0 Å². The molecule has 3 N–H and O–H groups in total. The summed E-state index contributed by atoms with van der Waals surface area (Å²) in [5, 5.41) is 15.7. The topological polar surface area (TPSA) is 123 Å². The fourth-order valence-electron chi connectivity index (χ4n) is 6.49. The van der Waals surface area contributed by atoms with Crippen LogP contribution in [0.25, 0.3) is 22.3 Å². The molecule has 2 aliphatic rings. The number of rotatable bonds is 11. The number of ether oxygens (including phenoxy) is 3. The molecule has 2 aliphatic carbocycles. The Labute approximate surface area is 267 Å². The quantitative estimate of drug-likeness (QED) is 0.144. The Morgan fingerprint density at radius 3 is 1.50 bits per heavy atom. The van der Waals surface area contributed by atoms with Crippen molar-refractivity contribution in [2.24, 2.45) is 0 Å². The van der Waals surface area contributed by atoms with Gasteiger partial charge in [-0.05, 0) is 57.3 Å². The van der Waals surface area contributed by atoms with Gasteiger partial charge in [-0.25, -0.2) is 14.4 Å². The Hall–Kier alpha value is -5.15. The molecule has 2 unspecified atom stereocenters. The van der Waals surface area contributed by atoms with E-state index in [1.807, 2.05) is 72.8 Å². The number of hydrogen-bond acceptors (Lipinski definition) is 7. The minimum atomic E-state index is -1.04. The molecule has 2 atom stereocenters. The predicted molar refractivity (Wildman–Crippen MR) is 172 cm³/mol. The van der Waals surface area contributed by atoms with Crippen LogP contribution in [0.4, 0.5) is 9.59 Å². The number of benzene rings is 4. The molecule has 0 aromatic heterocycles. The van der Waals surface area contributed by atoms with Crippen LogP contribution in [0.2, 0.25) is 0 Å². The molecule has 0 saturated heterocycles. The molecule has 0 bridgehead atoms. The highest BCUT2D eigenvalue weighted by molar-refractivity contribution is 5.82. The Morgan fingerprint density at radius 1 is 0.652 bits per heavy atom. The summed E-state index contributed by atoms with van der Waals surface area (Å²) in [4.78, 5) is 37.7. The van der Waals surface area contributed by atoms with Crippen LogP contribution in [0.5, 0.6) is 0 Å². The number of esters is 1. The molecule has 0 heterocycles. The third kappa shape index (κ3) is 6.46. The summed E-state index contributed by atoms with van der Waals surface area (Å²) < 4.78 is 16.0. The zero-order valence-corrected chi connectivity index (χ0v) is 25.5. The fraction of sp³-hybridized carbons (Fsp3) is 0.270. The van der Waals surface area contributed by atoms with E-state index in [0.29, 0.717) is 0 Å². The van der Waals surface area contributed by atoms with E-state index >= 15 is 0 Å². The lowest BCUT2D eigenvalue weighted by Gasteiger charge is -2.20. The number of aliphatic hydroxyl groups excluding tert-OH is 1. The first-order chi connectivity index (χ1) is 22.4. The molecule has 0 radical (unpaired) electrons. The maximum Gasteiger partial charge on any atom is 0.407 e. The summed E-state index contributed by atoms with van der Waals surface area (Å²) in [6, 6.07) is 31.1. The first-order valence-electron chi connectivity index (χ1n) is 15.4. The smallest absolute Gasteiger partial charge is 0.407 e. The van der Waals surface area contributed by atoms with Crippen molar-refractivity contribution in [2.75, 3.05) is 26.9 Å². The minimum Gasteiger partial charge on any atom is -0.467 e. The second-order valence-electron chi connectivity index (χ2n) is 11.5. The van der Waals surface area contributed by atoms with Crippen LogP contribution in [0.1, 0.15) is 46.9 Å². The highest BCUT2D eigenvalue weighted by atomic mass is 16.6. The van der Waals surface area contributed by atoms with Crippen molar-refractivity contribution in [3.8, 4) is 22.3 Å². The van der Waals surface area contributed by atoms with Crippen LogP contribution in [-0.2, 0) is 19.0 Å². The summed E-state index contributed by atoms with van der Waals surface area (Å²) in [5.74, 6) is -0.862. The number of hydrogen-bond donors (Lipinski definition) is 3. The molecular formula is C37H36N2O7. The lowest BCUT2D eigenvalue weighted by Crippen LogP contribution is -2.43. The number of amides is 2. The molecule has 236 valence electrons. The molecule has 0 saturated carbocycles. The molecule has 0 aliphatic heterocycles. The summed E-state index contributed by atoms with van der Waals surface area (Å²) in [5.41, 5.74) is 8.86. The van der Waals surface area contributed by atoms with Crippen molar-refractivity contribution < 1.29 is 33.7 Å². The third-order valence-electron chi connectivity index (χ3n) is 8.74. The highest BCUT2D eigenvalue weighted by Gasteiger charge is 2.31. The second-order valence-corrected chi connectivity index (χ2v) is 11.5. The zero-order chi connectivity index (χ0) is 32.0. The first kappa shape index (κ1) is 30.9. The van der Waals surface area contributed by atoms with E-state index in [2.05, 4.69) is 34.9 Å². The van der Waals surface area contributed by atoms with Gasteiger partial charge in [0.05, 0.1) is 13.2 Å². The number of aliphatic hydroxyl groups is 1. The summed E-state index contributed by atoms with van der Waals surface area (Å²) in [6.45, 7) is 0.167. The zero-order valence-electron chi connectivity index (χ0n) is 25.5. The van der Waals surface area contributed by atoms with Crippen LogP contribution in [0.3, 0.4) is 0 Å². The summed E-state index contributed by atoms with van der Waals surface area (Å²) >= 11 is 0. The summed E-state index contributed by atoms with van der Waals surface area (Å²) in [6.07, 6.45) is -2.22. The van der Waals surface area contributed by atoms with E-state index in [4.69, 9.17) is 14.2 Å². The largest absolute Gasteiger partial charge is 0.467 e. The van der Waals surface area contributed by atoms with E-state index in [-0.39, 0.29) is 44.4 Å². The average Bonchev–Trinajstić information content (AvgIpc) is 3.59. The Balaban J connectivity index is 0.964. The van der Waals surface area contributed by atoms with Crippen LogP contribution in [0, 0.1) is 0 Å². The van der Waals surface area contributed by atoms with Gasteiger partial charge in [0.2, 0.25) is 0 Å². The molecular weight excluding hydrogens is 584 g/mol. The summed E-state index contributed by atoms with van der Waals surface area (Å²) in [7, 11) is 1.23. The molecule has 0 spiro atoms. The van der Waals surface area contributed by atoms with Crippen LogP contribution < -0.4 is 10.6 Å². The van der Waals surface area contributed by atoms with Gasteiger partial charge in [0, 0.05) is 18.4 Å². The number of fused-ring (bicyclic) bond motifs is 6. The standard InChI is InChI=1S/C37H36N2O7/c1-44-35(41)34(39-37(43)46-22-33-30-16-8-4-12-26(30)27-13-5-9-17-31(27)33)19-18-23(40)20-38-36(42)45-21-32-28-14-6-2-10-24(28)25-11-3-7-15-29(25)32/h2-17,23,32-34,40H,18-22H2,1H3,(H,38,42)(H,39,43). The van der Waals surface area contributed by atoms with Crippen molar-refractivity contribution in [2.45, 2.75) is 36.8 Å². The lowest BCUT2D eigenvalue weighted by molar-refractivity contribution is -0.143. The van der Waals surface area contributed by atoms with Gasteiger partial charge < -0.3 is 30.0 Å². The highest BCUT2D eigenvalue weighted by Crippen LogP contribution is 2.45. The molecule has 9 nitrogen and oxygen atoms in total. The van der Waals surface area contributed by atoms with Crippen molar-refractivity contribution in [3.63, 3.8) is 0 Å². The van der Waals surface area contributed by atoms with Gasteiger partial charge in [0.1, 0.15) is 19.3 Å². The van der Waals surface area contributed by atoms with Gasteiger partial charge in [-0.2, -0.15) is 0 Å². The number of alkyl carbamates (subject to hydrolysis) is 2. The maximum absolute atomic E-state index is 12.8. The number of methoxy groups -OCH3 is 1. The van der Waals surface area contributed by atoms with Gasteiger partial charge in [-0.15, -0.1) is 0 Å². The van der Waals surface area contributed by atoms with E-state index < -0.39 is 30.3 Å². The molecule has 0 fully saturated rings. The molecule has 4 aromatic rings. The van der Waals surface area contributed by atoms with Crippen molar-refractivity contribution in [3.05, 3.63) is 119 Å². The van der Waals surface area contributed by atoms with Gasteiger partial charge >= 0.3 is 18.2 Å². The monoisotopic (exact) mass is 620 g/mol. The van der Waals surface area contributed by atoms with E-state index in [1.54, 1.807) is 0 Å². The Bertz CT molecular complexity index is 1650. The van der Waals surface area contributed by atoms with Gasteiger partial charge in [-0.3, -0.25) is 0 Å². The van der Waals surface area contributed by atoms with E-state index in [9.17, 15) is 19.5 Å². The van der Waals surface area contributed by atoms with Crippen LogP contribution >= 0.6 is 0 Å². The van der Waals surface area contributed by atoms with Crippen molar-refractivity contribution >= 4 is 18.2 Å². The Kier molecular flexibility index (Phi) is 9.30.